The van der Waals surface area contributed by atoms with Gasteiger partial charge in [0.25, 0.3) is 5.91 Å². The first-order valence-electron chi connectivity index (χ1n) is 8.55. The van der Waals surface area contributed by atoms with Crippen LogP contribution in [0.15, 0.2) is 67.0 Å². The highest BCUT2D eigenvalue weighted by atomic mass is 35.5. The number of methoxy groups -OCH3 is 1. The zero-order valence-electron chi connectivity index (χ0n) is 15.1. The van der Waals surface area contributed by atoms with Gasteiger partial charge in [0.1, 0.15) is 5.75 Å². The molecule has 0 saturated heterocycles. The van der Waals surface area contributed by atoms with Crippen molar-refractivity contribution >= 4 is 34.6 Å². The molecule has 5 nitrogen and oxygen atoms in total. The van der Waals surface area contributed by atoms with E-state index in [1.807, 2.05) is 43.3 Å². The molecule has 1 heterocycles. The zero-order chi connectivity index (χ0) is 19.2. The molecule has 1 amide bonds. The Kier molecular flexibility index (Phi) is 5.94. The number of nitrogens with one attached hydrogen (secondary N) is 1. The molecule has 6 heteroatoms. The summed E-state index contributed by atoms with van der Waals surface area (Å²) in [6.07, 6.45) is 3.23. The fourth-order valence-corrected chi connectivity index (χ4v) is 3.00. The maximum absolute atomic E-state index is 12.9. The number of rotatable bonds is 6. The molecule has 3 rings (SSSR count). The van der Waals surface area contributed by atoms with E-state index in [1.54, 1.807) is 42.6 Å². The summed E-state index contributed by atoms with van der Waals surface area (Å²) in [5.41, 5.74) is 2.84. The number of amides is 1. The Balaban J connectivity index is 1.82. The Labute approximate surface area is 163 Å². The fraction of sp³-hybridized carbons (Fsp3) is 0.143. The van der Waals surface area contributed by atoms with E-state index in [4.69, 9.17) is 16.3 Å². The van der Waals surface area contributed by atoms with Gasteiger partial charge >= 0.3 is 0 Å². The number of carbonyl (C=O) groups is 1. The van der Waals surface area contributed by atoms with Crippen LogP contribution in [0.2, 0.25) is 5.02 Å². The first-order chi connectivity index (χ1) is 13.1. The minimum Gasteiger partial charge on any atom is -0.495 e. The van der Waals surface area contributed by atoms with Gasteiger partial charge in [0.2, 0.25) is 0 Å². The third kappa shape index (κ3) is 4.38. The smallest absolute Gasteiger partial charge is 0.259 e. The van der Waals surface area contributed by atoms with E-state index in [1.165, 1.54) is 0 Å². The summed E-state index contributed by atoms with van der Waals surface area (Å²) in [7, 11) is 1.57. The highest BCUT2D eigenvalue weighted by molar-refractivity contribution is 6.32. The summed E-state index contributed by atoms with van der Waals surface area (Å²) in [5, 5.41) is 3.72. The number of hydrogen-bond donors (Lipinski definition) is 1. The van der Waals surface area contributed by atoms with Crippen LogP contribution >= 0.6 is 11.6 Å². The second-order valence-electron chi connectivity index (χ2n) is 5.82. The van der Waals surface area contributed by atoms with Crippen LogP contribution in [0, 0.1) is 0 Å². The summed E-state index contributed by atoms with van der Waals surface area (Å²) in [5.74, 6) is 0.498. The number of anilines is 3. The molecular formula is C21H20ClN3O2. The van der Waals surface area contributed by atoms with Crippen molar-refractivity contribution in [3.05, 3.63) is 77.6 Å². The normalized spacial score (nSPS) is 10.3. The van der Waals surface area contributed by atoms with Crippen molar-refractivity contribution in [1.82, 2.24) is 4.98 Å². The molecule has 0 unspecified atom stereocenters. The minimum atomic E-state index is -0.104. The maximum Gasteiger partial charge on any atom is 0.259 e. The van der Waals surface area contributed by atoms with Crippen molar-refractivity contribution in [1.29, 1.82) is 0 Å². The van der Waals surface area contributed by atoms with Gasteiger partial charge in [0, 0.05) is 24.1 Å². The Morgan fingerprint density at radius 1 is 1.11 bits per heavy atom. The number of benzene rings is 2. The molecular weight excluding hydrogens is 362 g/mol. The predicted octanol–water partition coefficient (Wildman–Crippen LogP) is 5.15. The summed E-state index contributed by atoms with van der Waals surface area (Å²) in [6.45, 7) is 2.51. The van der Waals surface area contributed by atoms with Crippen LogP contribution in [-0.4, -0.2) is 24.5 Å². The van der Waals surface area contributed by atoms with Gasteiger partial charge in [-0.1, -0.05) is 29.8 Å². The van der Waals surface area contributed by atoms with Crippen molar-refractivity contribution in [2.24, 2.45) is 0 Å². The lowest BCUT2D eigenvalue weighted by Gasteiger charge is -2.21. The molecule has 0 radical (unpaired) electrons. The lowest BCUT2D eigenvalue weighted by molar-refractivity contribution is 0.0988. The molecule has 0 aliphatic carbocycles. The standard InChI is InChI=1S/C21H20ClN3O2/c1-3-25(18-7-5-4-6-8-18)21(26)15-11-17(14-23-13-15)24-16-9-10-20(27-2)19(22)12-16/h4-14,24H,3H2,1-2H3. The van der Waals surface area contributed by atoms with Gasteiger partial charge in [-0.05, 0) is 43.3 Å². The van der Waals surface area contributed by atoms with Crippen molar-refractivity contribution in [2.45, 2.75) is 6.92 Å². The third-order valence-corrected chi connectivity index (χ3v) is 4.35. The van der Waals surface area contributed by atoms with Gasteiger partial charge in [-0.15, -0.1) is 0 Å². The molecule has 0 fully saturated rings. The number of nitrogens with zero attached hydrogens (tertiary/aromatic N) is 2. The number of para-hydroxylation sites is 1. The fourth-order valence-electron chi connectivity index (χ4n) is 2.74. The van der Waals surface area contributed by atoms with Crippen LogP contribution < -0.4 is 15.0 Å². The molecule has 0 atom stereocenters. The van der Waals surface area contributed by atoms with E-state index >= 15 is 0 Å². The van der Waals surface area contributed by atoms with Gasteiger partial charge in [-0.2, -0.15) is 0 Å². The minimum absolute atomic E-state index is 0.104. The monoisotopic (exact) mass is 381 g/mol. The maximum atomic E-state index is 12.9. The zero-order valence-corrected chi connectivity index (χ0v) is 15.9. The second-order valence-corrected chi connectivity index (χ2v) is 6.23. The quantitative estimate of drug-likeness (QED) is 0.641. The molecule has 138 valence electrons. The number of halogens is 1. The van der Waals surface area contributed by atoms with E-state index in [0.717, 1.165) is 11.4 Å². The predicted molar refractivity (Wildman–Crippen MR) is 109 cm³/mol. The van der Waals surface area contributed by atoms with E-state index in [0.29, 0.717) is 28.6 Å². The van der Waals surface area contributed by atoms with Crippen LogP contribution in [0.3, 0.4) is 0 Å². The number of carbonyl (C=O) groups excluding carboxylic acids is 1. The van der Waals surface area contributed by atoms with Gasteiger partial charge in [-0.25, -0.2) is 0 Å². The largest absolute Gasteiger partial charge is 0.495 e. The second kappa shape index (κ2) is 8.56. The molecule has 2 aromatic carbocycles. The summed E-state index contributed by atoms with van der Waals surface area (Å²) in [4.78, 5) is 18.9. The SMILES string of the molecule is CCN(C(=O)c1cncc(Nc2ccc(OC)c(Cl)c2)c1)c1ccccc1. The average molecular weight is 382 g/mol. The van der Waals surface area contributed by atoms with Gasteiger partial charge in [-0.3, -0.25) is 9.78 Å². The topological polar surface area (TPSA) is 54.5 Å². The van der Waals surface area contributed by atoms with Crippen LogP contribution in [0.4, 0.5) is 17.1 Å². The third-order valence-electron chi connectivity index (χ3n) is 4.05. The van der Waals surface area contributed by atoms with Crippen molar-refractivity contribution in [3.8, 4) is 5.75 Å². The average Bonchev–Trinajstić information content (AvgIpc) is 2.70. The van der Waals surface area contributed by atoms with E-state index in [-0.39, 0.29) is 5.91 Å². The molecule has 27 heavy (non-hydrogen) atoms. The van der Waals surface area contributed by atoms with Crippen LogP contribution in [0.25, 0.3) is 0 Å². The number of aromatic nitrogens is 1. The molecule has 0 aliphatic heterocycles. The van der Waals surface area contributed by atoms with Gasteiger partial charge in [0.05, 0.1) is 29.6 Å². The number of pyridine rings is 1. The lowest BCUT2D eigenvalue weighted by Crippen LogP contribution is -2.30. The number of hydrogen-bond acceptors (Lipinski definition) is 4. The molecule has 0 aliphatic rings. The number of ether oxygens (including phenoxy) is 1. The van der Waals surface area contributed by atoms with Crippen LogP contribution in [0.1, 0.15) is 17.3 Å². The molecule has 1 aromatic heterocycles. The molecule has 0 bridgehead atoms. The first-order valence-corrected chi connectivity index (χ1v) is 8.92. The highest BCUT2D eigenvalue weighted by Crippen LogP contribution is 2.29. The van der Waals surface area contributed by atoms with E-state index in [2.05, 4.69) is 10.3 Å². The van der Waals surface area contributed by atoms with Crippen molar-refractivity contribution < 1.29 is 9.53 Å². The molecule has 0 saturated carbocycles. The van der Waals surface area contributed by atoms with Crippen LogP contribution in [0.5, 0.6) is 5.75 Å². The first kappa shape index (κ1) is 18.7. The molecule has 0 spiro atoms. The van der Waals surface area contributed by atoms with Crippen molar-refractivity contribution in [3.63, 3.8) is 0 Å². The van der Waals surface area contributed by atoms with E-state index in [9.17, 15) is 4.79 Å². The lowest BCUT2D eigenvalue weighted by atomic mass is 10.2. The van der Waals surface area contributed by atoms with Gasteiger partial charge in [0.15, 0.2) is 0 Å². The Hall–Kier alpha value is -3.05. The molecule has 1 N–H and O–H groups in total. The summed E-state index contributed by atoms with van der Waals surface area (Å²) < 4.78 is 5.16. The highest BCUT2D eigenvalue weighted by Gasteiger charge is 2.16. The Morgan fingerprint density at radius 2 is 1.89 bits per heavy atom. The Bertz CT molecular complexity index is 932. The summed E-state index contributed by atoms with van der Waals surface area (Å²) in [6, 6.07) is 16.7. The van der Waals surface area contributed by atoms with Gasteiger partial charge < -0.3 is 15.0 Å². The van der Waals surface area contributed by atoms with Crippen molar-refractivity contribution in [2.75, 3.05) is 23.9 Å². The summed E-state index contributed by atoms with van der Waals surface area (Å²) >= 11 is 6.16. The van der Waals surface area contributed by atoms with E-state index < -0.39 is 0 Å². The van der Waals surface area contributed by atoms with Crippen LogP contribution in [-0.2, 0) is 0 Å². The Morgan fingerprint density at radius 3 is 2.56 bits per heavy atom. The molecule has 3 aromatic rings.